The molecule has 5 heteroatoms. The van der Waals surface area contributed by atoms with E-state index in [1.54, 1.807) is 18.5 Å². The zero-order chi connectivity index (χ0) is 12.7. The van der Waals surface area contributed by atoms with Gasteiger partial charge in [0.25, 0.3) is 0 Å². The quantitative estimate of drug-likeness (QED) is 0.530. The predicted molar refractivity (Wildman–Crippen MR) is 69.0 cm³/mol. The minimum Gasteiger partial charge on any atom is -0.475 e. The molecule has 0 bridgehead atoms. The molecule has 0 fully saturated rings. The highest BCUT2D eigenvalue weighted by atomic mass is 16.5. The second-order valence-corrected chi connectivity index (χ2v) is 3.90. The molecule has 0 spiro atoms. The summed E-state index contributed by atoms with van der Waals surface area (Å²) < 4.78 is 5.51. The third kappa shape index (κ3) is 5.10. The van der Waals surface area contributed by atoms with Gasteiger partial charge in [0, 0.05) is 24.2 Å². The van der Waals surface area contributed by atoms with Crippen molar-refractivity contribution < 1.29 is 4.74 Å². The van der Waals surface area contributed by atoms with Crippen molar-refractivity contribution >= 4 is 5.71 Å². The van der Waals surface area contributed by atoms with Crippen LogP contribution in [0.15, 0.2) is 36.1 Å². The van der Waals surface area contributed by atoms with E-state index in [1.807, 2.05) is 26.8 Å². The average molecular weight is 236 g/mol. The number of rotatable bonds is 6. The summed E-state index contributed by atoms with van der Waals surface area (Å²) in [5, 5.41) is 10.5. The predicted octanol–water partition coefficient (Wildman–Crippen LogP) is 1.74. The fourth-order valence-electron chi connectivity index (χ4n) is 1.16. The van der Waals surface area contributed by atoms with Crippen LogP contribution in [0.5, 0.6) is 0 Å². The van der Waals surface area contributed by atoms with Crippen molar-refractivity contribution in [2.75, 3.05) is 0 Å². The van der Waals surface area contributed by atoms with Crippen LogP contribution in [-0.2, 0) is 4.74 Å². The monoisotopic (exact) mass is 236 g/mol. The summed E-state index contributed by atoms with van der Waals surface area (Å²) in [6.07, 6.45) is 7.98. The van der Waals surface area contributed by atoms with Gasteiger partial charge in [-0.05, 0) is 26.3 Å². The fraction of sp³-hybridized carbons (Fsp3) is 0.417. The first-order valence-electron chi connectivity index (χ1n) is 5.72. The van der Waals surface area contributed by atoms with E-state index in [9.17, 15) is 0 Å². The molecule has 17 heavy (non-hydrogen) atoms. The molecule has 0 aliphatic carbocycles. The van der Waals surface area contributed by atoms with E-state index in [0.717, 1.165) is 12.1 Å². The van der Waals surface area contributed by atoms with Crippen LogP contribution >= 0.6 is 0 Å². The van der Waals surface area contributed by atoms with E-state index in [4.69, 9.17) is 10.1 Å². The van der Waals surface area contributed by atoms with Crippen molar-refractivity contribution in [2.45, 2.75) is 33.3 Å². The third-order valence-electron chi connectivity index (χ3n) is 1.99. The molecule has 0 unspecified atom stereocenters. The summed E-state index contributed by atoms with van der Waals surface area (Å²) in [7, 11) is 0. The normalized spacial score (nSPS) is 14.8. The van der Waals surface area contributed by atoms with Crippen LogP contribution in [0.2, 0.25) is 0 Å². The van der Waals surface area contributed by atoms with Gasteiger partial charge >= 0.3 is 0 Å². The standard InChI is InChI=1S/C12H20N4O/c1-4-10(13)5-6-14-11-7-12(16-15-8-11)17-9(2)3/h5-9,13-16H,4H2,1-3H3/b6-5-,13-10?. The van der Waals surface area contributed by atoms with Crippen molar-refractivity contribution in [1.82, 2.24) is 16.2 Å². The molecular weight excluding hydrogens is 216 g/mol. The highest BCUT2D eigenvalue weighted by molar-refractivity contribution is 5.91. The van der Waals surface area contributed by atoms with Crippen LogP contribution in [0.1, 0.15) is 27.2 Å². The number of nitrogens with one attached hydrogen (secondary N) is 4. The molecule has 0 aromatic rings. The van der Waals surface area contributed by atoms with Gasteiger partial charge in [0.2, 0.25) is 5.88 Å². The molecule has 1 aliphatic rings. The minimum absolute atomic E-state index is 0.124. The number of hydrogen-bond donors (Lipinski definition) is 4. The lowest BCUT2D eigenvalue weighted by Gasteiger charge is -2.19. The van der Waals surface area contributed by atoms with Crippen LogP contribution in [0.25, 0.3) is 0 Å². The Bertz CT molecular complexity index is 356. The highest BCUT2D eigenvalue weighted by Crippen LogP contribution is 2.05. The lowest BCUT2D eigenvalue weighted by atomic mass is 10.3. The van der Waals surface area contributed by atoms with E-state index in [-0.39, 0.29) is 6.10 Å². The van der Waals surface area contributed by atoms with Gasteiger partial charge in [-0.25, -0.2) is 0 Å². The van der Waals surface area contributed by atoms with Crippen LogP contribution in [0.4, 0.5) is 0 Å². The molecule has 1 aliphatic heterocycles. The Labute approximate surface area is 102 Å². The first-order chi connectivity index (χ1) is 8.11. The van der Waals surface area contributed by atoms with Crippen molar-refractivity contribution in [3.05, 3.63) is 36.1 Å². The Morgan fingerprint density at radius 2 is 2.35 bits per heavy atom. The average Bonchev–Trinajstić information content (AvgIpc) is 2.28. The third-order valence-corrected chi connectivity index (χ3v) is 1.99. The van der Waals surface area contributed by atoms with Gasteiger partial charge in [-0.15, -0.1) is 0 Å². The molecular formula is C12H20N4O. The topological polar surface area (TPSA) is 69.2 Å². The summed E-state index contributed by atoms with van der Waals surface area (Å²) >= 11 is 0. The number of hydrazine groups is 1. The Kier molecular flexibility index (Phi) is 5.13. The zero-order valence-corrected chi connectivity index (χ0v) is 10.5. The van der Waals surface area contributed by atoms with Gasteiger partial charge < -0.3 is 20.9 Å². The van der Waals surface area contributed by atoms with E-state index in [1.165, 1.54) is 0 Å². The minimum atomic E-state index is 0.124. The summed E-state index contributed by atoms with van der Waals surface area (Å²) in [6.45, 7) is 5.89. The van der Waals surface area contributed by atoms with E-state index in [0.29, 0.717) is 11.6 Å². The Balaban J connectivity index is 2.49. The molecule has 0 aromatic carbocycles. The van der Waals surface area contributed by atoms with Crippen LogP contribution < -0.4 is 16.2 Å². The molecule has 0 radical (unpaired) electrons. The maximum atomic E-state index is 7.47. The van der Waals surface area contributed by atoms with Gasteiger partial charge in [-0.3, -0.25) is 5.43 Å². The number of hydrogen-bond acceptors (Lipinski definition) is 5. The molecule has 4 N–H and O–H groups in total. The summed E-state index contributed by atoms with van der Waals surface area (Å²) in [5.41, 5.74) is 7.24. The van der Waals surface area contributed by atoms with Crippen molar-refractivity contribution in [3.8, 4) is 0 Å². The van der Waals surface area contributed by atoms with Crippen LogP contribution in [-0.4, -0.2) is 11.8 Å². The Hall–Kier alpha value is -1.91. The lowest BCUT2D eigenvalue weighted by Crippen LogP contribution is -2.33. The van der Waals surface area contributed by atoms with Gasteiger partial charge in [0.1, 0.15) is 0 Å². The summed E-state index contributed by atoms with van der Waals surface area (Å²) in [5.74, 6) is 0.670. The fourth-order valence-corrected chi connectivity index (χ4v) is 1.16. The smallest absolute Gasteiger partial charge is 0.207 e. The molecule has 0 saturated carbocycles. The molecule has 1 rings (SSSR count). The van der Waals surface area contributed by atoms with Gasteiger partial charge in [-0.2, -0.15) is 0 Å². The van der Waals surface area contributed by atoms with E-state index >= 15 is 0 Å². The highest BCUT2D eigenvalue weighted by Gasteiger charge is 2.05. The second-order valence-electron chi connectivity index (χ2n) is 3.90. The van der Waals surface area contributed by atoms with Gasteiger partial charge in [0.05, 0.1) is 11.8 Å². The summed E-state index contributed by atoms with van der Waals surface area (Å²) in [6, 6.07) is 0. The summed E-state index contributed by atoms with van der Waals surface area (Å²) in [4.78, 5) is 0. The molecule has 0 aromatic heterocycles. The first-order valence-corrected chi connectivity index (χ1v) is 5.72. The van der Waals surface area contributed by atoms with Crippen molar-refractivity contribution in [3.63, 3.8) is 0 Å². The molecule has 5 nitrogen and oxygen atoms in total. The molecule has 1 heterocycles. The maximum Gasteiger partial charge on any atom is 0.207 e. The van der Waals surface area contributed by atoms with Gasteiger partial charge in [0.15, 0.2) is 0 Å². The number of allylic oxidation sites excluding steroid dienone is 2. The van der Waals surface area contributed by atoms with Crippen molar-refractivity contribution in [1.29, 1.82) is 5.41 Å². The van der Waals surface area contributed by atoms with Crippen molar-refractivity contribution in [2.24, 2.45) is 0 Å². The van der Waals surface area contributed by atoms with Gasteiger partial charge in [-0.1, -0.05) is 6.92 Å². The first kappa shape index (κ1) is 13.2. The van der Waals surface area contributed by atoms with E-state index in [2.05, 4.69) is 16.2 Å². The molecule has 94 valence electrons. The lowest BCUT2D eigenvalue weighted by molar-refractivity contribution is 0.125. The molecule has 0 saturated heterocycles. The Morgan fingerprint density at radius 3 is 3.00 bits per heavy atom. The second kappa shape index (κ2) is 6.62. The van der Waals surface area contributed by atoms with Crippen LogP contribution in [0, 0.1) is 5.41 Å². The largest absolute Gasteiger partial charge is 0.475 e. The maximum absolute atomic E-state index is 7.47. The van der Waals surface area contributed by atoms with E-state index < -0.39 is 0 Å². The molecule has 0 atom stereocenters. The Morgan fingerprint density at radius 1 is 1.59 bits per heavy atom. The zero-order valence-electron chi connectivity index (χ0n) is 10.5. The molecule has 0 amide bonds. The van der Waals surface area contributed by atoms with Crippen LogP contribution in [0.3, 0.4) is 0 Å². The number of ether oxygens (including phenoxy) is 1. The SMILES string of the molecule is CCC(=N)/C=C\NC1=CNNC(OC(C)C)=C1.